The maximum atomic E-state index is 12.3. The number of amides is 1. The second-order valence-electron chi connectivity index (χ2n) is 6.94. The Morgan fingerprint density at radius 3 is 2.75 bits per heavy atom. The van der Waals surface area contributed by atoms with Crippen LogP contribution in [0.1, 0.15) is 12.8 Å². The van der Waals surface area contributed by atoms with Gasteiger partial charge in [0, 0.05) is 46.0 Å². The van der Waals surface area contributed by atoms with Gasteiger partial charge in [-0.25, -0.2) is 4.98 Å². The van der Waals surface area contributed by atoms with Crippen molar-refractivity contribution in [1.29, 1.82) is 0 Å². The van der Waals surface area contributed by atoms with Crippen LogP contribution in [0, 0.1) is 0 Å². The van der Waals surface area contributed by atoms with Crippen molar-refractivity contribution in [2.45, 2.75) is 12.8 Å². The maximum absolute atomic E-state index is 12.3. The molecule has 1 N–H and O–H groups in total. The van der Waals surface area contributed by atoms with Crippen molar-refractivity contribution in [3.8, 4) is 27.6 Å². The molecule has 0 fully saturated rings. The Hall–Kier alpha value is -2.93. The average molecular weight is 484 g/mol. The van der Waals surface area contributed by atoms with Crippen LogP contribution in [0.5, 0.6) is 5.75 Å². The molecule has 0 bridgehead atoms. The van der Waals surface area contributed by atoms with Gasteiger partial charge in [-0.15, -0.1) is 11.3 Å². The first-order chi connectivity index (χ1) is 15.6. The van der Waals surface area contributed by atoms with Crippen molar-refractivity contribution in [2.24, 2.45) is 0 Å². The van der Waals surface area contributed by atoms with Crippen molar-refractivity contribution in [3.05, 3.63) is 82.4 Å². The number of nitrogens with one attached hydrogen (secondary N) is 1. The normalized spacial score (nSPS) is 10.7. The quantitative estimate of drug-likeness (QED) is 0.274. The van der Waals surface area contributed by atoms with Crippen LogP contribution in [-0.2, 0) is 4.79 Å². The lowest BCUT2D eigenvalue weighted by Gasteiger charge is -2.09. The summed E-state index contributed by atoms with van der Waals surface area (Å²) in [6, 6.07) is 16.6. The largest absolute Gasteiger partial charge is 0.492 e. The van der Waals surface area contributed by atoms with Crippen LogP contribution in [0.3, 0.4) is 0 Å². The Labute approximate surface area is 200 Å². The fourth-order valence-corrected chi connectivity index (χ4v) is 4.30. The van der Waals surface area contributed by atoms with Gasteiger partial charge in [0.05, 0.1) is 17.3 Å². The van der Waals surface area contributed by atoms with E-state index in [4.69, 9.17) is 32.9 Å². The minimum Gasteiger partial charge on any atom is -0.492 e. The summed E-state index contributed by atoms with van der Waals surface area (Å²) < 4.78 is 5.63. The minimum absolute atomic E-state index is 0.0812. The highest BCUT2D eigenvalue weighted by molar-refractivity contribution is 7.13. The third-order valence-corrected chi connectivity index (χ3v) is 5.98. The Balaban J connectivity index is 1.31. The Kier molecular flexibility index (Phi) is 7.37. The lowest BCUT2D eigenvalue weighted by atomic mass is 10.1. The van der Waals surface area contributed by atoms with Gasteiger partial charge >= 0.3 is 0 Å². The zero-order chi connectivity index (χ0) is 22.3. The zero-order valence-corrected chi connectivity index (χ0v) is 19.3. The molecule has 32 heavy (non-hydrogen) atoms. The summed E-state index contributed by atoms with van der Waals surface area (Å²) >= 11 is 13.5. The summed E-state index contributed by atoms with van der Waals surface area (Å²) in [6.07, 6.45) is 4.43. The highest BCUT2D eigenvalue weighted by atomic mass is 35.5. The van der Waals surface area contributed by atoms with E-state index >= 15 is 0 Å². The number of halogens is 2. The van der Waals surface area contributed by atoms with Crippen LogP contribution in [0.4, 0.5) is 5.69 Å². The van der Waals surface area contributed by atoms with Crippen molar-refractivity contribution < 1.29 is 9.53 Å². The highest BCUT2D eigenvalue weighted by Crippen LogP contribution is 2.30. The van der Waals surface area contributed by atoms with Crippen LogP contribution in [0.2, 0.25) is 10.0 Å². The number of aromatic nitrogens is 2. The van der Waals surface area contributed by atoms with Gasteiger partial charge in [-0.1, -0.05) is 35.3 Å². The lowest BCUT2D eigenvalue weighted by Crippen LogP contribution is -2.12. The molecule has 5 nitrogen and oxygen atoms in total. The maximum Gasteiger partial charge on any atom is 0.224 e. The fourth-order valence-electron chi connectivity index (χ4n) is 3.02. The molecule has 0 radical (unpaired) electrons. The lowest BCUT2D eigenvalue weighted by molar-refractivity contribution is -0.116. The summed E-state index contributed by atoms with van der Waals surface area (Å²) in [6.45, 7) is 0.380. The van der Waals surface area contributed by atoms with E-state index in [1.54, 1.807) is 41.9 Å². The van der Waals surface area contributed by atoms with Crippen molar-refractivity contribution in [1.82, 2.24) is 9.97 Å². The van der Waals surface area contributed by atoms with Gasteiger partial charge in [0.25, 0.3) is 0 Å². The average Bonchev–Trinajstić information content (AvgIpc) is 3.29. The Morgan fingerprint density at radius 1 is 1.06 bits per heavy atom. The molecule has 162 valence electrons. The summed E-state index contributed by atoms with van der Waals surface area (Å²) in [5.74, 6) is 0.473. The van der Waals surface area contributed by atoms with Crippen molar-refractivity contribution in [2.75, 3.05) is 11.9 Å². The molecule has 0 spiro atoms. The molecule has 2 aromatic carbocycles. The number of ether oxygens (including phenoxy) is 1. The number of rotatable bonds is 8. The number of pyridine rings is 1. The van der Waals surface area contributed by atoms with E-state index in [1.807, 2.05) is 41.8 Å². The van der Waals surface area contributed by atoms with Crippen molar-refractivity contribution in [3.63, 3.8) is 0 Å². The van der Waals surface area contributed by atoms with Gasteiger partial charge < -0.3 is 10.1 Å². The predicted molar refractivity (Wildman–Crippen MR) is 131 cm³/mol. The first-order valence-electron chi connectivity index (χ1n) is 9.92. The topological polar surface area (TPSA) is 64.1 Å². The summed E-state index contributed by atoms with van der Waals surface area (Å²) in [5.41, 5.74) is 3.51. The monoisotopic (exact) mass is 483 g/mol. The van der Waals surface area contributed by atoms with E-state index in [0.29, 0.717) is 35.2 Å². The molecule has 0 unspecified atom stereocenters. The molecular formula is C24H19Cl2N3O2S. The number of hydrogen-bond acceptors (Lipinski definition) is 5. The number of anilines is 1. The van der Waals surface area contributed by atoms with Crippen LogP contribution in [-0.4, -0.2) is 22.5 Å². The Morgan fingerprint density at radius 2 is 1.94 bits per heavy atom. The molecule has 0 aliphatic heterocycles. The Bertz CT molecular complexity index is 1210. The molecule has 0 aliphatic carbocycles. The molecule has 0 aliphatic rings. The van der Waals surface area contributed by atoms with Gasteiger partial charge in [-0.05, 0) is 48.9 Å². The molecule has 0 atom stereocenters. The molecule has 0 saturated carbocycles. The third-order valence-electron chi connectivity index (χ3n) is 4.55. The third kappa shape index (κ3) is 5.85. The van der Waals surface area contributed by atoms with E-state index in [2.05, 4.69) is 10.3 Å². The van der Waals surface area contributed by atoms with E-state index in [0.717, 1.165) is 27.5 Å². The van der Waals surface area contributed by atoms with Gasteiger partial charge in [-0.2, -0.15) is 0 Å². The van der Waals surface area contributed by atoms with Crippen LogP contribution in [0.15, 0.2) is 72.4 Å². The summed E-state index contributed by atoms with van der Waals surface area (Å²) in [7, 11) is 0. The second-order valence-corrected chi connectivity index (χ2v) is 8.64. The molecule has 2 aromatic heterocycles. The number of carbonyl (C=O) groups is 1. The molecule has 8 heteroatoms. The van der Waals surface area contributed by atoms with E-state index < -0.39 is 0 Å². The smallest absolute Gasteiger partial charge is 0.224 e. The van der Waals surface area contributed by atoms with Gasteiger partial charge in [0.2, 0.25) is 5.91 Å². The van der Waals surface area contributed by atoms with E-state index in [-0.39, 0.29) is 5.91 Å². The minimum atomic E-state index is -0.0812. The predicted octanol–water partition coefficient (Wildman–Crippen LogP) is 6.98. The second kappa shape index (κ2) is 10.6. The summed E-state index contributed by atoms with van der Waals surface area (Å²) in [5, 5.41) is 6.85. The van der Waals surface area contributed by atoms with Crippen LogP contribution in [0.25, 0.3) is 21.8 Å². The highest BCUT2D eigenvalue weighted by Gasteiger charge is 2.09. The first-order valence-corrected chi connectivity index (χ1v) is 11.6. The molecule has 0 saturated heterocycles. The molecule has 4 rings (SSSR count). The van der Waals surface area contributed by atoms with Crippen LogP contribution < -0.4 is 10.1 Å². The fraction of sp³-hybridized carbons (Fsp3) is 0.125. The van der Waals surface area contributed by atoms with Gasteiger partial charge in [0.1, 0.15) is 10.8 Å². The number of benzene rings is 2. The number of hydrogen-bond donors (Lipinski definition) is 1. The number of thiazole rings is 1. The van der Waals surface area contributed by atoms with Crippen LogP contribution >= 0.6 is 34.5 Å². The summed E-state index contributed by atoms with van der Waals surface area (Å²) in [4.78, 5) is 21.2. The van der Waals surface area contributed by atoms with E-state index in [1.165, 1.54) is 0 Å². The molecular weight excluding hydrogens is 465 g/mol. The molecule has 1 amide bonds. The first kappa shape index (κ1) is 22.3. The standard InChI is InChI=1S/C24H19Cl2N3O2S/c25-18-8-9-22(20(26)13-18)31-11-3-7-23(30)28-19-6-1-4-16(12-19)21-15-32-24(29-21)17-5-2-10-27-14-17/h1-2,4-6,8-10,12-15H,3,7,11H2,(H,28,30). The molecule has 2 heterocycles. The van der Waals surface area contributed by atoms with Crippen molar-refractivity contribution >= 4 is 46.1 Å². The van der Waals surface area contributed by atoms with Gasteiger partial charge in [-0.3, -0.25) is 9.78 Å². The van der Waals surface area contributed by atoms with Gasteiger partial charge in [0.15, 0.2) is 0 Å². The SMILES string of the molecule is O=C(CCCOc1ccc(Cl)cc1Cl)Nc1cccc(-c2csc(-c3cccnc3)n2)c1. The number of carbonyl (C=O) groups excluding carboxylic acids is 1. The van der Waals surface area contributed by atoms with E-state index in [9.17, 15) is 4.79 Å². The number of nitrogens with zero attached hydrogens (tertiary/aromatic N) is 2. The zero-order valence-electron chi connectivity index (χ0n) is 16.9. The molecule has 4 aromatic rings.